The summed E-state index contributed by atoms with van der Waals surface area (Å²) in [6.07, 6.45) is -0.605. The Labute approximate surface area is 157 Å². The van der Waals surface area contributed by atoms with Crippen molar-refractivity contribution >= 4 is 17.4 Å². The Hall–Kier alpha value is -3.16. The van der Waals surface area contributed by atoms with Crippen molar-refractivity contribution in [3.63, 3.8) is 0 Å². The fourth-order valence-electron chi connectivity index (χ4n) is 2.49. The lowest BCUT2D eigenvalue weighted by molar-refractivity contribution is -0.149. The van der Waals surface area contributed by atoms with Crippen molar-refractivity contribution in [2.75, 3.05) is 25.6 Å². The van der Waals surface area contributed by atoms with Crippen LogP contribution in [0.1, 0.15) is 20.3 Å². The van der Waals surface area contributed by atoms with E-state index in [4.69, 9.17) is 9.47 Å². The third-order valence-electron chi connectivity index (χ3n) is 3.71. The van der Waals surface area contributed by atoms with Gasteiger partial charge in [-0.2, -0.15) is 5.10 Å². The van der Waals surface area contributed by atoms with Gasteiger partial charge in [-0.1, -0.05) is 0 Å². The Morgan fingerprint density at radius 1 is 1.19 bits per heavy atom. The van der Waals surface area contributed by atoms with Gasteiger partial charge in [0.05, 0.1) is 5.69 Å². The van der Waals surface area contributed by atoms with E-state index in [9.17, 15) is 14.4 Å². The van der Waals surface area contributed by atoms with Crippen LogP contribution >= 0.6 is 0 Å². The Balaban J connectivity index is 2.31. The normalized spacial score (nSPS) is 11.6. The van der Waals surface area contributed by atoms with Crippen molar-refractivity contribution in [2.24, 2.45) is 0 Å². The van der Waals surface area contributed by atoms with E-state index in [1.807, 2.05) is 31.1 Å². The van der Waals surface area contributed by atoms with Gasteiger partial charge in [0, 0.05) is 44.8 Å². The summed E-state index contributed by atoms with van der Waals surface area (Å²) in [6, 6.07) is 8.50. The van der Waals surface area contributed by atoms with Crippen LogP contribution in [0.25, 0.3) is 11.3 Å². The highest BCUT2D eigenvalue weighted by Crippen LogP contribution is 2.32. The molecular weight excluding hydrogens is 350 g/mol. The second-order valence-electron chi connectivity index (χ2n) is 6.33. The van der Waals surface area contributed by atoms with Crippen molar-refractivity contribution in [1.29, 1.82) is 0 Å². The molecule has 1 aromatic heterocycles. The molecule has 0 saturated heterocycles. The topological polar surface area (TPSA) is 102 Å². The minimum atomic E-state index is -0.676. The molecule has 27 heavy (non-hydrogen) atoms. The summed E-state index contributed by atoms with van der Waals surface area (Å²) in [4.78, 5) is 35.9. The summed E-state index contributed by atoms with van der Waals surface area (Å²) >= 11 is 0. The number of benzene rings is 1. The van der Waals surface area contributed by atoms with Gasteiger partial charge in [0.2, 0.25) is 0 Å². The summed E-state index contributed by atoms with van der Waals surface area (Å²) in [7, 11) is 3.81. The number of nitrogens with one attached hydrogen (secondary N) is 1. The van der Waals surface area contributed by atoms with Crippen molar-refractivity contribution in [3.8, 4) is 17.0 Å². The molecule has 8 nitrogen and oxygen atoms in total. The first-order valence-electron chi connectivity index (χ1n) is 8.43. The molecule has 0 aliphatic carbocycles. The van der Waals surface area contributed by atoms with Crippen LogP contribution in [0, 0.1) is 0 Å². The minimum Gasteiger partial charge on any atom is -0.489 e. The zero-order valence-corrected chi connectivity index (χ0v) is 15.8. The molecule has 8 heteroatoms. The SMILES string of the molecule is CC(=O)CC(COc1ccc(N(C)C)cc1-c1ccc(=O)[nH]n1)OC(C)=O. The van der Waals surface area contributed by atoms with Crippen LogP contribution in [-0.4, -0.2) is 48.8 Å². The van der Waals surface area contributed by atoms with Crippen LogP contribution in [0.5, 0.6) is 5.75 Å². The number of aromatic nitrogens is 2. The maximum absolute atomic E-state index is 11.4. The Kier molecular flexibility index (Phi) is 6.70. The summed E-state index contributed by atoms with van der Waals surface area (Å²) in [5, 5.41) is 6.46. The van der Waals surface area contributed by atoms with Crippen LogP contribution in [0.4, 0.5) is 5.69 Å². The Morgan fingerprint density at radius 2 is 1.93 bits per heavy atom. The largest absolute Gasteiger partial charge is 0.489 e. The lowest BCUT2D eigenvalue weighted by atomic mass is 10.1. The van der Waals surface area contributed by atoms with Crippen molar-refractivity contribution < 1.29 is 19.1 Å². The molecule has 0 amide bonds. The Bertz CT molecular complexity index is 839. The zero-order chi connectivity index (χ0) is 20.0. The Morgan fingerprint density at radius 3 is 2.48 bits per heavy atom. The van der Waals surface area contributed by atoms with E-state index < -0.39 is 12.1 Å². The average molecular weight is 373 g/mol. The highest BCUT2D eigenvalue weighted by molar-refractivity contribution is 5.76. The number of rotatable bonds is 8. The number of anilines is 1. The first kappa shape index (κ1) is 20.2. The number of Topliss-reactive ketones (excluding diaryl/α,β-unsaturated/α-hetero) is 1. The maximum Gasteiger partial charge on any atom is 0.303 e. The number of nitrogens with zero attached hydrogens (tertiary/aromatic N) is 2. The third kappa shape index (κ3) is 5.95. The molecule has 2 rings (SSSR count). The van der Waals surface area contributed by atoms with E-state index in [2.05, 4.69) is 10.2 Å². The van der Waals surface area contributed by atoms with Crippen LogP contribution in [0.15, 0.2) is 35.1 Å². The number of esters is 1. The molecule has 0 aliphatic rings. The third-order valence-corrected chi connectivity index (χ3v) is 3.71. The average Bonchev–Trinajstić information content (AvgIpc) is 2.59. The summed E-state index contributed by atoms with van der Waals surface area (Å²) in [6.45, 7) is 2.74. The quantitative estimate of drug-likeness (QED) is 0.704. The first-order valence-corrected chi connectivity index (χ1v) is 8.43. The number of hydrogen-bond donors (Lipinski definition) is 1. The van der Waals surface area contributed by atoms with Gasteiger partial charge in [-0.25, -0.2) is 5.10 Å². The standard InChI is InChI=1S/C19H23N3O5/c1-12(23)9-15(27-13(2)24)11-26-18-7-5-14(22(3)4)10-16(18)17-6-8-19(25)21-20-17/h5-8,10,15H,9,11H2,1-4H3,(H,21,25). The van der Waals surface area contributed by atoms with E-state index in [1.54, 1.807) is 12.1 Å². The van der Waals surface area contributed by atoms with Crippen LogP contribution in [-0.2, 0) is 14.3 Å². The second kappa shape index (κ2) is 8.98. The van der Waals surface area contributed by atoms with E-state index in [0.717, 1.165) is 5.69 Å². The molecule has 1 unspecified atom stereocenters. The van der Waals surface area contributed by atoms with Gasteiger partial charge < -0.3 is 14.4 Å². The van der Waals surface area contributed by atoms with Crippen LogP contribution in [0.2, 0.25) is 0 Å². The van der Waals surface area contributed by atoms with E-state index in [-0.39, 0.29) is 24.4 Å². The van der Waals surface area contributed by atoms with E-state index in [0.29, 0.717) is 17.0 Å². The summed E-state index contributed by atoms with van der Waals surface area (Å²) < 4.78 is 11.0. The van der Waals surface area contributed by atoms with Gasteiger partial charge in [0.15, 0.2) is 0 Å². The second-order valence-corrected chi connectivity index (χ2v) is 6.33. The molecule has 0 aliphatic heterocycles. The van der Waals surface area contributed by atoms with Crippen molar-refractivity contribution in [3.05, 3.63) is 40.7 Å². The molecule has 1 N–H and O–H groups in total. The van der Waals surface area contributed by atoms with Crippen molar-refractivity contribution in [1.82, 2.24) is 10.2 Å². The lowest BCUT2D eigenvalue weighted by Gasteiger charge is -2.20. The number of H-pyrrole nitrogens is 1. The van der Waals surface area contributed by atoms with Gasteiger partial charge >= 0.3 is 5.97 Å². The van der Waals surface area contributed by atoms with Gasteiger partial charge in [-0.3, -0.25) is 14.4 Å². The highest BCUT2D eigenvalue weighted by Gasteiger charge is 2.18. The van der Waals surface area contributed by atoms with Crippen molar-refractivity contribution in [2.45, 2.75) is 26.4 Å². The number of carbonyl (C=O) groups excluding carboxylic acids is 2. The molecule has 1 atom stereocenters. The molecular formula is C19H23N3O5. The predicted molar refractivity (Wildman–Crippen MR) is 101 cm³/mol. The fourth-order valence-corrected chi connectivity index (χ4v) is 2.49. The number of ether oxygens (including phenoxy) is 2. The molecule has 2 aromatic rings. The molecule has 144 valence electrons. The molecule has 1 heterocycles. The smallest absolute Gasteiger partial charge is 0.303 e. The summed E-state index contributed by atoms with van der Waals surface area (Å²) in [5.74, 6) is -0.0773. The van der Waals surface area contributed by atoms with E-state index in [1.165, 1.54) is 19.9 Å². The van der Waals surface area contributed by atoms with Gasteiger partial charge in [0.25, 0.3) is 5.56 Å². The maximum atomic E-state index is 11.4. The number of hydrogen-bond acceptors (Lipinski definition) is 7. The zero-order valence-electron chi connectivity index (χ0n) is 15.8. The van der Waals surface area contributed by atoms with Crippen LogP contribution in [0.3, 0.4) is 0 Å². The molecule has 0 bridgehead atoms. The predicted octanol–water partition coefficient (Wildman–Crippen LogP) is 1.79. The van der Waals surface area contributed by atoms with Gasteiger partial charge in [0.1, 0.15) is 24.2 Å². The number of ketones is 1. The first-order chi connectivity index (χ1) is 12.8. The van der Waals surface area contributed by atoms with Crippen LogP contribution < -0.4 is 15.2 Å². The summed E-state index contributed by atoms with van der Waals surface area (Å²) in [5.41, 5.74) is 1.82. The molecule has 0 fully saturated rings. The fraction of sp³-hybridized carbons (Fsp3) is 0.368. The lowest BCUT2D eigenvalue weighted by Crippen LogP contribution is -2.26. The molecule has 0 saturated carbocycles. The molecule has 0 spiro atoms. The highest BCUT2D eigenvalue weighted by atomic mass is 16.6. The molecule has 0 radical (unpaired) electrons. The minimum absolute atomic E-state index is 0.0246. The monoisotopic (exact) mass is 373 g/mol. The van der Waals surface area contributed by atoms with Gasteiger partial charge in [-0.05, 0) is 31.2 Å². The van der Waals surface area contributed by atoms with Gasteiger partial charge in [-0.15, -0.1) is 0 Å². The number of carbonyl (C=O) groups is 2. The molecule has 1 aromatic carbocycles. The van der Waals surface area contributed by atoms with E-state index >= 15 is 0 Å². The number of aromatic amines is 1.